The van der Waals surface area contributed by atoms with Gasteiger partial charge in [0.15, 0.2) is 0 Å². The maximum atomic E-state index is 5.44. The average Bonchev–Trinajstić information content (AvgIpc) is 2.78. The first-order valence-electron chi connectivity index (χ1n) is 10.7. The third-order valence-corrected chi connectivity index (χ3v) is 6.91. The number of hydrogen-bond acceptors (Lipinski definition) is 6. The standard InChI is InChI=1S/C24H30N4OS/c1-18(2)28(30-21-9-5-4-6-10-21)16-19-8-7-13-27(15-19)24-22-14-20(29-3)11-12-23(22)25-17-26-24/h4-6,9-12,14,17-19H,7-8,13,15-16H2,1-3H3. The normalized spacial score (nSPS) is 17.1. The fourth-order valence-corrected chi connectivity index (χ4v) is 5.08. The predicted molar refractivity (Wildman–Crippen MR) is 125 cm³/mol. The van der Waals surface area contributed by atoms with Crippen LogP contribution in [0.4, 0.5) is 5.82 Å². The minimum atomic E-state index is 0.481. The summed E-state index contributed by atoms with van der Waals surface area (Å²) in [6.45, 7) is 7.68. The zero-order valence-electron chi connectivity index (χ0n) is 18.0. The van der Waals surface area contributed by atoms with Gasteiger partial charge in [-0.25, -0.2) is 14.3 Å². The Bertz CT molecular complexity index is 966. The largest absolute Gasteiger partial charge is 0.497 e. The van der Waals surface area contributed by atoms with Crippen molar-refractivity contribution in [3.05, 3.63) is 54.9 Å². The van der Waals surface area contributed by atoms with Crippen molar-refractivity contribution in [2.45, 2.75) is 37.6 Å². The highest BCUT2D eigenvalue weighted by Crippen LogP contribution is 2.32. The second kappa shape index (κ2) is 9.67. The molecule has 1 fully saturated rings. The number of piperidine rings is 1. The molecule has 1 atom stereocenters. The monoisotopic (exact) mass is 422 g/mol. The molecule has 5 nitrogen and oxygen atoms in total. The summed E-state index contributed by atoms with van der Waals surface area (Å²) in [4.78, 5) is 12.8. The molecule has 0 amide bonds. The lowest BCUT2D eigenvalue weighted by atomic mass is 9.97. The molecule has 1 unspecified atom stereocenters. The van der Waals surface area contributed by atoms with Gasteiger partial charge in [-0.2, -0.15) is 0 Å². The molecule has 0 spiro atoms. The van der Waals surface area contributed by atoms with Crippen LogP contribution in [0.2, 0.25) is 0 Å². The molecule has 2 heterocycles. The van der Waals surface area contributed by atoms with Gasteiger partial charge in [-0.05, 0) is 74.9 Å². The van der Waals surface area contributed by atoms with Crippen molar-refractivity contribution < 1.29 is 4.74 Å². The highest BCUT2D eigenvalue weighted by atomic mass is 32.2. The van der Waals surface area contributed by atoms with E-state index in [0.717, 1.165) is 42.1 Å². The fourth-order valence-electron chi connectivity index (χ4n) is 4.03. The van der Waals surface area contributed by atoms with Crippen molar-refractivity contribution >= 4 is 28.7 Å². The summed E-state index contributed by atoms with van der Waals surface area (Å²) in [7, 11) is 1.70. The van der Waals surface area contributed by atoms with Gasteiger partial charge in [-0.1, -0.05) is 18.2 Å². The number of benzene rings is 2. The van der Waals surface area contributed by atoms with E-state index in [0.29, 0.717) is 12.0 Å². The summed E-state index contributed by atoms with van der Waals surface area (Å²) in [5.41, 5.74) is 0.964. The van der Waals surface area contributed by atoms with E-state index >= 15 is 0 Å². The minimum absolute atomic E-state index is 0.481. The Balaban J connectivity index is 1.51. The van der Waals surface area contributed by atoms with E-state index in [2.05, 4.69) is 69.4 Å². The second-order valence-electron chi connectivity index (χ2n) is 8.13. The van der Waals surface area contributed by atoms with Gasteiger partial charge in [0.1, 0.15) is 17.9 Å². The third-order valence-electron chi connectivity index (χ3n) is 5.62. The number of methoxy groups -OCH3 is 1. The number of aromatic nitrogens is 2. The molecule has 2 aromatic carbocycles. The molecule has 6 heteroatoms. The Hall–Kier alpha value is -2.31. The average molecular weight is 423 g/mol. The lowest BCUT2D eigenvalue weighted by molar-refractivity contribution is 0.295. The van der Waals surface area contributed by atoms with Crippen LogP contribution in [0.25, 0.3) is 10.9 Å². The van der Waals surface area contributed by atoms with Gasteiger partial charge in [-0.3, -0.25) is 0 Å². The van der Waals surface area contributed by atoms with Gasteiger partial charge in [0.05, 0.1) is 12.6 Å². The number of ether oxygens (including phenoxy) is 1. The minimum Gasteiger partial charge on any atom is -0.497 e. The quantitative estimate of drug-likeness (QED) is 0.483. The number of nitrogens with zero attached hydrogens (tertiary/aromatic N) is 4. The topological polar surface area (TPSA) is 41.5 Å². The summed E-state index contributed by atoms with van der Waals surface area (Å²) in [6, 6.07) is 17.2. The van der Waals surface area contributed by atoms with Crippen molar-refractivity contribution in [1.82, 2.24) is 14.3 Å². The second-order valence-corrected chi connectivity index (χ2v) is 9.26. The van der Waals surface area contributed by atoms with Crippen molar-refractivity contribution in [3.63, 3.8) is 0 Å². The number of hydrogen-bond donors (Lipinski definition) is 0. The zero-order chi connectivity index (χ0) is 20.9. The van der Waals surface area contributed by atoms with E-state index in [1.807, 2.05) is 24.1 Å². The summed E-state index contributed by atoms with van der Waals surface area (Å²) in [6.07, 6.45) is 4.11. The van der Waals surface area contributed by atoms with Crippen molar-refractivity contribution in [1.29, 1.82) is 0 Å². The molecule has 0 aliphatic carbocycles. The van der Waals surface area contributed by atoms with Crippen LogP contribution in [0.1, 0.15) is 26.7 Å². The van der Waals surface area contributed by atoms with E-state index in [9.17, 15) is 0 Å². The van der Waals surface area contributed by atoms with E-state index in [-0.39, 0.29) is 0 Å². The predicted octanol–water partition coefficient (Wildman–Crippen LogP) is 5.27. The van der Waals surface area contributed by atoms with Gasteiger partial charge in [0, 0.05) is 36.0 Å². The summed E-state index contributed by atoms with van der Waals surface area (Å²) >= 11 is 1.87. The van der Waals surface area contributed by atoms with E-state index < -0.39 is 0 Å². The molecule has 1 saturated heterocycles. The van der Waals surface area contributed by atoms with Gasteiger partial charge in [0.2, 0.25) is 0 Å². The van der Waals surface area contributed by atoms with Crippen LogP contribution >= 0.6 is 11.9 Å². The van der Waals surface area contributed by atoms with Gasteiger partial charge >= 0.3 is 0 Å². The van der Waals surface area contributed by atoms with Crippen LogP contribution in [-0.4, -0.2) is 47.1 Å². The number of rotatable bonds is 7. The molecule has 158 valence electrons. The Kier molecular flexibility index (Phi) is 6.75. The van der Waals surface area contributed by atoms with Crippen LogP contribution in [0.3, 0.4) is 0 Å². The Morgan fingerprint density at radius 2 is 2.00 bits per heavy atom. The van der Waals surface area contributed by atoms with Crippen LogP contribution in [-0.2, 0) is 0 Å². The van der Waals surface area contributed by atoms with Gasteiger partial charge in [-0.15, -0.1) is 0 Å². The first-order chi connectivity index (χ1) is 14.6. The summed E-state index contributed by atoms with van der Waals surface area (Å²) in [5.74, 6) is 2.47. The van der Waals surface area contributed by atoms with E-state index in [1.54, 1.807) is 13.4 Å². The van der Waals surface area contributed by atoms with E-state index in [1.165, 1.54) is 17.7 Å². The summed E-state index contributed by atoms with van der Waals surface area (Å²) in [5, 5.41) is 1.07. The van der Waals surface area contributed by atoms with Crippen LogP contribution in [0.15, 0.2) is 59.8 Å². The maximum Gasteiger partial charge on any atom is 0.140 e. The van der Waals surface area contributed by atoms with Gasteiger partial charge in [0.25, 0.3) is 0 Å². The van der Waals surface area contributed by atoms with E-state index in [4.69, 9.17) is 4.74 Å². The lowest BCUT2D eigenvalue weighted by Gasteiger charge is -2.37. The highest BCUT2D eigenvalue weighted by Gasteiger charge is 2.25. The Labute approximate surface area is 183 Å². The molecule has 30 heavy (non-hydrogen) atoms. The molecule has 1 aliphatic heterocycles. The molecule has 0 N–H and O–H groups in total. The van der Waals surface area contributed by atoms with Crippen LogP contribution in [0, 0.1) is 5.92 Å². The zero-order valence-corrected chi connectivity index (χ0v) is 18.8. The Morgan fingerprint density at radius 1 is 1.17 bits per heavy atom. The highest BCUT2D eigenvalue weighted by molar-refractivity contribution is 7.97. The smallest absolute Gasteiger partial charge is 0.140 e. The fraction of sp³-hybridized carbons (Fsp3) is 0.417. The maximum absolute atomic E-state index is 5.44. The lowest BCUT2D eigenvalue weighted by Crippen LogP contribution is -2.41. The van der Waals surface area contributed by atoms with Crippen molar-refractivity contribution in [2.75, 3.05) is 31.6 Å². The van der Waals surface area contributed by atoms with Crippen molar-refractivity contribution in [3.8, 4) is 5.75 Å². The van der Waals surface area contributed by atoms with Crippen LogP contribution < -0.4 is 9.64 Å². The van der Waals surface area contributed by atoms with Crippen LogP contribution in [0.5, 0.6) is 5.75 Å². The molecule has 0 saturated carbocycles. The first kappa shape index (κ1) is 20.9. The SMILES string of the molecule is COc1ccc2ncnc(N3CCCC(CN(Sc4ccccc4)C(C)C)C3)c2c1. The molecule has 1 aliphatic rings. The molecule has 4 rings (SSSR count). The molecule has 3 aromatic rings. The molecular formula is C24H30N4OS. The molecule has 0 radical (unpaired) electrons. The molecular weight excluding hydrogens is 392 g/mol. The van der Waals surface area contributed by atoms with Crippen molar-refractivity contribution in [2.24, 2.45) is 5.92 Å². The number of anilines is 1. The Morgan fingerprint density at radius 3 is 2.77 bits per heavy atom. The number of fused-ring (bicyclic) bond motifs is 1. The molecule has 0 bridgehead atoms. The first-order valence-corrected chi connectivity index (χ1v) is 11.4. The molecule has 1 aromatic heterocycles. The van der Waals surface area contributed by atoms with Gasteiger partial charge < -0.3 is 9.64 Å². The third kappa shape index (κ3) is 4.87. The summed E-state index contributed by atoms with van der Waals surface area (Å²) < 4.78 is 7.96.